The number of carbonyl (C=O) groups is 2. The molecule has 0 aliphatic heterocycles. The standard InChI is InChI=1S/C17H13ClN4O3/c1-25-17(24)11-3-2-4-13(9-11)20-16(23)15-19-10-22(21-15)14-7-5-12(18)6-8-14/h2-10H,1H3,(H,20,23). The number of carbonyl (C=O) groups excluding carboxylic acids is 2. The van der Waals surface area contributed by atoms with Crippen molar-refractivity contribution in [3.8, 4) is 5.69 Å². The van der Waals surface area contributed by atoms with E-state index in [9.17, 15) is 9.59 Å². The van der Waals surface area contributed by atoms with E-state index in [2.05, 4.69) is 20.1 Å². The molecule has 1 heterocycles. The van der Waals surface area contributed by atoms with E-state index in [1.807, 2.05) is 0 Å². The van der Waals surface area contributed by atoms with Crippen LogP contribution in [0.4, 0.5) is 5.69 Å². The molecular formula is C17H13ClN4O3. The zero-order valence-corrected chi connectivity index (χ0v) is 13.9. The largest absolute Gasteiger partial charge is 0.465 e. The Hall–Kier alpha value is -3.19. The van der Waals surface area contributed by atoms with Gasteiger partial charge in [-0.2, -0.15) is 0 Å². The molecule has 7 nitrogen and oxygen atoms in total. The van der Waals surface area contributed by atoms with Crippen LogP contribution in [0.2, 0.25) is 5.02 Å². The smallest absolute Gasteiger partial charge is 0.337 e. The lowest BCUT2D eigenvalue weighted by atomic mass is 10.2. The monoisotopic (exact) mass is 356 g/mol. The van der Waals surface area contributed by atoms with Gasteiger partial charge in [0.15, 0.2) is 0 Å². The number of nitrogens with zero attached hydrogens (tertiary/aromatic N) is 3. The number of benzene rings is 2. The zero-order chi connectivity index (χ0) is 17.8. The number of rotatable bonds is 4. The summed E-state index contributed by atoms with van der Waals surface area (Å²) >= 11 is 5.85. The Morgan fingerprint density at radius 1 is 1.16 bits per heavy atom. The minimum absolute atomic E-state index is 0.00146. The Morgan fingerprint density at radius 2 is 1.92 bits per heavy atom. The lowest BCUT2D eigenvalue weighted by molar-refractivity contribution is 0.0600. The van der Waals surface area contributed by atoms with Crippen LogP contribution in [0.5, 0.6) is 0 Å². The molecule has 1 amide bonds. The van der Waals surface area contributed by atoms with Crippen LogP contribution in [0, 0.1) is 0 Å². The van der Waals surface area contributed by atoms with E-state index in [4.69, 9.17) is 11.6 Å². The molecule has 0 saturated heterocycles. The highest BCUT2D eigenvalue weighted by Crippen LogP contribution is 2.14. The molecule has 126 valence electrons. The molecule has 25 heavy (non-hydrogen) atoms. The summed E-state index contributed by atoms with van der Waals surface area (Å²) < 4.78 is 6.12. The summed E-state index contributed by atoms with van der Waals surface area (Å²) in [7, 11) is 1.29. The normalized spacial score (nSPS) is 10.3. The molecule has 1 N–H and O–H groups in total. The maximum Gasteiger partial charge on any atom is 0.337 e. The fourth-order valence-corrected chi connectivity index (χ4v) is 2.24. The van der Waals surface area contributed by atoms with Gasteiger partial charge in [-0.3, -0.25) is 4.79 Å². The van der Waals surface area contributed by atoms with Crippen LogP contribution >= 0.6 is 11.6 Å². The summed E-state index contributed by atoms with van der Waals surface area (Å²) in [5.74, 6) is -0.977. The number of aromatic nitrogens is 3. The zero-order valence-electron chi connectivity index (χ0n) is 13.1. The van der Waals surface area contributed by atoms with E-state index >= 15 is 0 Å². The topological polar surface area (TPSA) is 86.1 Å². The molecule has 0 unspecified atom stereocenters. The number of anilines is 1. The summed E-state index contributed by atoms with van der Waals surface area (Å²) in [6.07, 6.45) is 1.43. The Labute approximate surface area is 148 Å². The van der Waals surface area contributed by atoms with Gasteiger partial charge in [-0.25, -0.2) is 14.5 Å². The molecule has 1 aromatic heterocycles. The molecule has 0 aliphatic rings. The number of esters is 1. The second-order valence-electron chi connectivity index (χ2n) is 5.02. The average molecular weight is 357 g/mol. The molecule has 0 bridgehead atoms. The highest BCUT2D eigenvalue weighted by atomic mass is 35.5. The lowest BCUT2D eigenvalue weighted by Crippen LogP contribution is -2.15. The third-order valence-electron chi connectivity index (χ3n) is 3.33. The van der Waals surface area contributed by atoms with Crippen LogP contribution in [0.3, 0.4) is 0 Å². The van der Waals surface area contributed by atoms with Crippen molar-refractivity contribution in [2.24, 2.45) is 0 Å². The first-order chi connectivity index (χ1) is 12.1. The number of halogens is 1. The second-order valence-corrected chi connectivity index (χ2v) is 5.45. The van der Waals surface area contributed by atoms with Crippen molar-refractivity contribution in [3.63, 3.8) is 0 Å². The number of hydrogen-bond acceptors (Lipinski definition) is 5. The minimum atomic E-state index is -0.491. The van der Waals surface area contributed by atoms with Crippen molar-refractivity contribution in [1.29, 1.82) is 0 Å². The fourth-order valence-electron chi connectivity index (χ4n) is 2.11. The Morgan fingerprint density at radius 3 is 2.64 bits per heavy atom. The number of nitrogens with one attached hydrogen (secondary N) is 1. The highest BCUT2D eigenvalue weighted by molar-refractivity contribution is 6.30. The van der Waals surface area contributed by atoms with Gasteiger partial charge in [-0.15, -0.1) is 5.10 Å². The number of hydrogen-bond donors (Lipinski definition) is 1. The average Bonchev–Trinajstić information content (AvgIpc) is 3.12. The van der Waals surface area contributed by atoms with Gasteiger partial charge >= 0.3 is 5.97 Å². The molecule has 3 rings (SSSR count). The fraction of sp³-hybridized carbons (Fsp3) is 0.0588. The van der Waals surface area contributed by atoms with Gasteiger partial charge < -0.3 is 10.1 Å². The van der Waals surface area contributed by atoms with E-state index in [0.29, 0.717) is 16.3 Å². The van der Waals surface area contributed by atoms with Crippen molar-refractivity contribution in [2.45, 2.75) is 0 Å². The Kier molecular flexibility index (Phi) is 4.76. The quantitative estimate of drug-likeness (QED) is 0.726. The van der Waals surface area contributed by atoms with E-state index in [-0.39, 0.29) is 5.82 Å². The van der Waals surface area contributed by atoms with Crippen molar-refractivity contribution >= 4 is 29.2 Å². The van der Waals surface area contributed by atoms with Gasteiger partial charge in [0.05, 0.1) is 18.4 Å². The van der Waals surface area contributed by atoms with Gasteiger partial charge in [0.1, 0.15) is 6.33 Å². The molecule has 0 saturated carbocycles. The third kappa shape index (κ3) is 3.84. The van der Waals surface area contributed by atoms with Gasteiger partial charge in [-0.05, 0) is 42.5 Å². The van der Waals surface area contributed by atoms with Crippen molar-refractivity contribution in [2.75, 3.05) is 12.4 Å². The third-order valence-corrected chi connectivity index (χ3v) is 3.58. The summed E-state index contributed by atoms with van der Waals surface area (Å²) in [5, 5.41) is 7.39. The van der Waals surface area contributed by atoms with Crippen LogP contribution < -0.4 is 5.32 Å². The first-order valence-corrected chi connectivity index (χ1v) is 7.62. The van der Waals surface area contributed by atoms with Crippen LogP contribution in [0.15, 0.2) is 54.9 Å². The molecule has 8 heteroatoms. The van der Waals surface area contributed by atoms with Crippen molar-refractivity contribution in [1.82, 2.24) is 14.8 Å². The second kappa shape index (κ2) is 7.14. The summed E-state index contributed by atoms with van der Waals surface area (Å²) in [6.45, 7) is 0. The highest BCUT2D eigenvalue weighted by Gasteiger charge is 2.14. The molecule has 0 spiro atoms. The first kappa shape index (κ1) is 16.7. The SMILES string of the molecule is COC(=O)c1cccc(NC(=O)c2ncn(-c3ccc(Cl)cc3)n2)c1. The molecule has 0 radical (unpaired) electrons. The van der Waals surface area contributed by atoms with Crippen LogP contribution in [0.25, 0.3) is 5.69 Å². The van der Waals surface area contributed by atoms with Crippen molar-refractivity contribution in [3.05, 3.63) is 71.3 Å². The molecule has 0 atom stereocenters. The molecule has 0 aliphatic carbocycles. The van der Waals surface area contributed by atoms with Crippen LogP contribution in [0.1, 0.15) is 21.0 Å². The lowest BCUT2D eigenvalue weighted by Gasteiger charge is -2.05. The molecular weight excluding hydrogens is 344 g/mol. The van der Waals surface area contributed by atoms with Crippen molar-refractivity contribution < 1.29 is 14.3 Å². The Bertz CT molecular complexity index is 922. The van der Waals surface area contributed by atoms with Crippen LogP contribution in [-0.2, 0) is 4.74 Å². The molecule has 0 fully saturated rings. The van der Waals surface area contributed by atoms with E-state index in [0.717, 1.165) is 5.69 Å². The molecule has 3 aromatic rings. The van der Waals surface area contributed by atoms with Gasteiger partial charge in [-0.1, -0.05) is 17.7 Å². The predicted molar refractivity (Wildman–Crippen MR) is 92.1 cm³/mol. The number of methoxy groups -OCH3 is 1. The minimum Gasteiger partial charge on any atom is -0.465 e. The van der Waals surface area contributed by atoms with E-state index in [1.54, 1.807) is 42.5 Å². The summed E-state index contributed by atoms with van der Waals surface area (Å²) in [4.78, 5) is 27.8. The van der Waals surface area contributed by atoms with Gasteiger partial charge in [0, 0.05) is 10.7 Å². The maximum absolute atomic E-state index is 12.3. The van der Waals surface area contributed by atoms with E-state index in [1.165, 1.54) is 24.2 Å². The predicted octanol–water partition coefficient (Wildman–Crippen LogP) is 2.96. The van der Waals surface area contributed by atoms with Gasteiger partial charge in [0.25, 0.3) is 5.91 Å². The Balaban J connectivity index is 1.76. The summed E-state index contributed by atoms with van der Waals surface area (Å²) in [6, 6.07) is 13.4. The van der Waals surface area contributed by atoms with Gasteiger partial charge in [0.2, 0.25) is 5.82 Å². The van der Waals surface area contributed by atoms with Crippen LogP contribution in [-0.4, -0.2) is 33.8 Å². The molecule has 2 aromatic carbocycles. The van der Waals surface area contributed by atoms with E-state index < -0.39 is 11.9 Å². The number of amides is 1. The first-order valence-electron chi connectivity index (χ1n) is 7.24. The maximum atomic E-state index is 12.3. The summed E-state index contributed by atoms with van der Waals surface area (Å²) in [5.41, 5.74) is 1.50. The number of ether oxygens (including phenoxy) is 1.